The number of benzene rings is 2. The third kappa shape index (κ3) is 5.16. The Labute approximate surface area is 206 Å². The molecule has 0 bridgehead atoms. The quantitative estimate of drug-likeness (QED) is 0.462. The van der Waals surface area contributed by atoms with Crippen molar-refractivity contribution >= 4 is 41.1 Å². The molecule has 3 aromatic rings. The van der Waals surface area contributed by atoms with Crippen molar-refractivity contribution in [2.45, 2.75) is 19.1 Å². The first-order chi connectivity index (χ1) is 16.7. The molecular formula is C25H18ClF3N2O3S. The van der Waals surface area contributed by atoms with Crippen LogP contribution in [0.4, 0.5) is 13.2 Å². The number of fused-ring (bicyclic) bond motifs is 1. The van der Waals surface area contributed by atoms with Crippen molar-refractivity contribution in [3.8, 4) is 0 Å². The SMILES string of the molecule is CCOC(=O)C1=C(C(F)(F)F)N=c2s/c(=C/C=C/c3ccccc3)c(=O)n2[C@H]1c1ccc(Cl)cc1. The molecule has 2 heterocycles. The first kappa shape index (κ1) is 24.7. The van der Waals surface area contributed by atoms with Crippen LogP contribution in [0.15, 0.2) is 81.7 Å². The molecule has 1 aliphatic heterocycles. The Morgan fingerprint density at radius 3 is 2.49 bits per heavy atom. The van der Waals surface area contributed by atoms with Crippen molar-refractivity contribution in [1.82, 2.24) is 4.57 Å². The van der Waals surface area contributed by atoms with Crippen molar-refractivity contribution < 1.29 is 22.7 Å². The van der Waals surface area contributed by atoms with Crippen LogP contribution in [0.1, 0.15) is 24.1 Å². The summed E-state index contributed by atoms with van der Waals surface area (Å²) in [5.41, 5.74) is -1.56. The Kier molecular flexibility index (Phi) is 7.09. The molecule has 0 aliphatic carbocycles. The average molecular weight is 519 g/mol. The van der Waals surface area contributed by atoms with E-state index < -0.39 is 35.0 Å². The monoisotopic (exact) mass is 518 g/mol. The Hall–Kier alpha value is -3.43. The summed E-state index contributed by atoms with van der Waals surface area (Å²) in [5.74, 6) is -1.19. The first-order valence-corrected chi connectivity index (χ1v) is 11.7. The molecule has 5 nitrogen and oxygen atoms in total. The van der Waals surface area contributed by atoms with Crippen LogP contribution in [0.2, 0.25) is 5.02 Å². The van der Waals surface area contributed by atoms with E-state index in [2.05, 4.69) is 4.99 Å². The summed E-state index contributed by atoms with van der Waals surface area (Å²) < 4.78 is 48.4. The fourth-order valence-electron chi connectivity index (χ4n) is 3.63. The van der Waals surface area contributed by atoms with Crippen LogP contribution in [0, 0.1) is 0 Å². The molecule has 0 fully saturated rings. The number of thiazole rings is 1. The molecule has 0 radical (unpaired) electrons. The minimum absolute atomic E-state index is 0.143. The van der Waals surface area contributed by atoms with E-state index in [1.165, 1.54) is 37.3 Å². The summed E-state index contributed by atoms with van der Waals surface area (Å²) >= 11 is 6.77. The van der Waals surface area contributed by atoms with Crippen LogP contribution in [0.5, 0.6) is 0 Å². The highest BCUT2D eigenvalue weighted by atomic mass is 35.5. The van der Waals surface area contributed by atoms with Gasteiger partial charge in [0.25, 0.3) is 5.56 Å². The largest absolute Gasteiger partial charge is 0.463 e. The van der Waals surface area contributed by atoms with Gasteiger partial charge in [0.05, 0.1) is 22.8 Å². The van der Waals surface area contributed by atoms with Crippen molar-refractivity contribution in [2.75, 3.05) is 6.61 Å². The van der Waals surface area contributed by atoms with E-state index in [1.54, 1.807) is 12.2 Å². The van der Waals surface area contributed by atoms with E-state index >= 15 is 0 Å². The lowest BCUT2D eigenvalue weighted by molar-refractivity contribution is -0.140. The van der Waals surface area contributed by atoms with Crippen LogP contribution in [0.25, 0.3) is 12.2 Å². The van der Waals surface area contributed by atoms with E-state index in [-0.39, 0.29) is 21.5 Å². The third-order valence-electron chi connectivity index (χ3n) is 5.12. The normalized spacial score (nSPS) is 16.4. The van der Waals surface area contributed by atoms with Gasteiger partial charge in [-0.1, -0.05) is 77.6 Å². The van der Waals surface area contributed by atoms with E-state index in [4.69, 9.17) is 16.3 Å². The lowest BCUT2D eigenvalue weighted by Crippen LogP contribution is -2.41. The van der Waals surface area contributed by atoms with Gasteiger partial charge in [-0.3, -0.25) is 9.36 Å². The van der Waals surface area contributed by atoms with Gasteiger partial charge in [0.15, 0.2) is 10.5 Å². The topological polar surface area (TPSA) is 60.7 Å². The van der Waals surface area contributed by atoms with Crippen molar-refractivity contribution in [3.05, 3.63) is 108 Å². The van der Waals surface area contributed by atoms with Gasteiger partial charge in [-0.2, -0.15) is 13.2 Å². The maximum Gasteiger partial charge on any atom is 0.434 e. The number of nitrogens with zero attached hydrogens (tertiary/aromatic N) is 2. The van der Waals surface area contributed by atoms with Gasteiger partial charge in [0.1, 0.15) is 0 Å². The molecule has 0 saturated heterocycles. The Morgan fingerprint density at radius 2 is 1.86 bits per heavy atom. The maximum absolute atomic E-state index is 14.1. The van der Waals surface area contributed by atoms with E-state index in [1.807, 2.05) is 30.3 Å². The number of carbonyl (C=O) groups excluding carboxylic acids is 1. The molecule has 180 valence electrons. The van der Waals surface area contributed by atoms with E-state index in [0.29, 0.717) is 5.02 Å². The first-order valence-electron chi connectivity index (χ1n) is 10.5. The van der Waals surface area contributed by atoms with Gasteiger partial charge in [0, 0.05) is 5.02 Å². The highest BCUT2D eigenvalue weighted by Gasteiger charge is 2.45. The molecule has 1 atom stereocenters. The molecule has 0 amide bonds. The molecule has 10 heteroatoms. The summed E-state index contributed by atoms with van der Waals surface area (Å²) in [7, 11) is 0. The second-order valence-corrected chi connectivity index (χ2v) is 8.85. The zero-order valence-corrected chi connectivity index (χ0v) is 19.8. The van der Waals surface area contributed by atoms with Gasteiger partial charge >= 0.3 is 12.1 Å². The van der Waals surface area contributed by atoms with Gasteiger partial charge in [-0.05, 0) is 36.3 Å². The lowest BCUT2D eigenvalue weighted by atomic mass is 9.95. The van der Waals surface area contributed by atoms with Crippen LogP contribution < -0.4 is 14.9 Å². The number of hydrogen-bond acceptors (Lipinski definition) is 5. The molecular weight excluding hydrogens is 501 g/mol. The summed E-state index contributed by atoms with van der Waals surface area (Å²) in [4.78, 5) is 29.7. The highest BCUT2D eigenvalue weighted by Crippen LogP contribution is 2.38. The van der Waals surface area contributed by atoms with Gasteiger partial charge < -0.3 is 4.74 Å². The number of esters is 1. The molecule has 4 rings (SSSR count). The van der Waals surface area contributed by atoms with Crippen LogP contribution in [-0.4, -0.2) is 23.3 Å². The molecule has 1 aliphatic rings. The standard InChI is InChI=1S/C25H18ClF3N2O3S/c1-2-34-23(33)19-20(16-11-13-17(26)14-12-16)31-22(32)18(10-6-9-15-7-4-3-5-8-15)35-24(31)30-21(19)25(27,28)29/h3-14,20H,2H2,1H3/b9-6+,18-10+/t20-/m0/s1. The summed E-state index contributed by atoms with van der Waals surface area (Å²) in [6.45, 7) is 1.34. The van der Waals surface area contributed by atoms with Gasteiger partial charge in [0.2, 0.25) is 0 Å². The Balaban J connectivity index is 1.96. The molecule has 0 saturated carbocycles. The maximum atomic E-state index is 14.1. The second-order valence-electron chi connectivity index (χ2n) is 7.41. The fraction of sp³-hybridized carbons (Fsp3) is 0.160. The number of ether oxygens (including phenoxy) is 1. The minimum atomic E-state index is -4.95. The van der Waals surface area contributed by atoms with E-state index in [9.17, 15) is 22.8 Å². The molecule has 0 spiro atoms. The summed E-state index contributed by atoms with van der Waals surface area (Å²) in [6, 6.07) is 13.8. The van der Waals surface area contributed by atoms with Crippen LogP contribution >= 0.6 is 22.9 Å². The van der Waals surface area contributed by atoms with Crippen molar-refractivity contribution in [1.29, 1.82) is 0 Å². The zero-order chi connectivity index (χ0) is 25.2. The predicted molar refractivity (Wildman–Crippen MR) is 129 cm³/mol. The molecule has 35 heavy (non-hydrogen) atoms. The van der Waals surface area contributed by atoms with Gasteiger partial charge in [-0.15, -0.1) is 0 Å². The van der Waals surface area contributed by atoms with Gasteiger partial charge in [-0.25, -0.2) is 9.79 Å². The average Bonchev–Trinajstić information content (AvgIpc) is 3.14. The minimum Gasteiger partial charge on any atom is -0.463 e. The van der Waals surface area contributed by atoms with Crippen LogP contribution in [0.3, 0.4) is 0 Å². The predicted octanol–water partition coefficient (Wildman–Crippen LogP) is 4.66. The molecule has 2 aromatic carbocycles. The number of allylic oxidation sites excluding steroid dienone is 2. The third-order valence-corrected chi connectivity index (χ3v) is 6.37. The molecule has 1 aromatic heterocycles. The zero-order valence-electron chi connectivity index (χ0n) is 18.3. The number of halogens is 4. The number of rotatable bonds is 5. The summed E-state index contributed by atoms with van der Waals surface area (Å²) in [6.07, 6.45) is -0.0392. The van der Waals surface area contributed by atoms with Crippen molar-refractivity contribution in [3.63, 3.8) is 0 Å². The van der Waals surface area contributed by atoms with E-state index in [0.717, 1.165) is 21.5 Å². The fourth-order valence-corrected chi connectivity index (χ4v) is 4.70. The van der Waals surface area contributed by atoms with Crippen molar-refractivity contribution in [2.24, 2.45) is 4.99 Å². The van der Waals surface area contributed by atoms with Crippen LogP contribution in [-0.2, 0) is 9.53 Å². The number of carbonyl (C=O) groups is 1. The molecule has 0 unspecified atom stereocenters. The Bertz CT molecular complexity index is 1490. The lowest BCUT2D eigenvalue weighted by Gasteiger charge is -2.26. The highest BCUT2D eigenvalue weighted by molar-refractivity contribution is 7.07. The molecule has 0 N–H and O–H groups in total. The number of hydrogen-bond donors (Lipinski definition) is 0. The Morgan fingerprint density at radius 1 is 1.17 bits per heavy atom. The summed E-state index contributed by atoms with van der Waals surface area (Å²) in [5, 5.41) is 0.352. The number of alkyl halides is 3. The smallest absolute Gasteiger partial charge is 0.434 e. The second kappa shape index (κ2) is 10.1. The number of aromatic nitrogens is 1.